The van der Waals surface area contributed by atoms with E-state index >= 15 is 0 Å². The highest BCUT2D eigenvalue weighted by molar-refractivity contribution is 7.99. The maximum absolute atomic E-state index is 9.47. The van der Waals surface area contributed by atoms with E-state index in [1.807, 2.05) is 17.8 Å². The van der Waals surface area contributed by atoms with Gasteiger partial charge in [0.2, 0.25) is 0 Å². The van der Waals surface area contributed by atoms with Crippen molar-refractivity contribution >= 4 is 17.4 Å². The van der Waals surface area contributed by atoms with Crippen LogP contribution in [0.4, 0.5) is 5.69 Å². The number of likely N-dealkylation sites (tertiary alicyclic amines) is 1. The fraction of sp³-hybridized carbons (Fsp3) is 0.516. The number of rotatable bonds is 6. The molecule has 3 atom stereocenters. The predicted octanol–water partition coefficient (Wildman–Crippen LogP) is 7.37. The minimum absolute atomic E-state index is 0.0600. The van der Waals surface area contributed by atoms with Gasteiger partial charge in [-0.25, -0.2) is 0 Å². The molecule has 2 heterocycles. The quantitative estimate of drug-likeness (QED) is 0.463. The van der Waals surface area contributed by atoms with Crippen molar-refractivity contribution in [3.05, 3.63) is 77.0 Å². The lowest BCUT2D eigenvalue weighted by Gasteiger charge is -2.41. The van der Waals surface area contributed by atoms with E-state index in [0.717, 1.165) is 49.2 Å². The summed E-state index contributed by atoms with van der Waals surface area (Å²) in [7, 11) is 0. The Bertz CT molecular complexity index is 1120. The molecule has 3 aliphatic rings. The minimum Gasteiger partial charge on any atom is -0.358 e. The van der Waals surface area contributed by atoms with Gasteiger partial charge in [0, 0.05) is 33.6 Å². The van der Waals surface area contributed by atoms with Gasteiger partial charge in [0.1, 0.15) is 0 Å². The predicted molar refractivity (Wildman–Crippen MR) is 149 cm³/mol. The van der Waals surface area contributed by atoms with Gasteiger partial charge in [-0.2, -0.15) is 17.0 Å². The summed E-state index contributed by atoms with van der Waals surface area (Å²) in [5.74, 6) is 0. The number of fused-ring (bicyclic) bond motifs is 2. The van der Waals surface area contributed by atoms with Crippen LogP contribution >= 0.6 is 11.8 Å². The van der Waals surface area contributed by atoms with Crippen LogP contribution in [0.3, 0.4) is 0 Å². The van der Waals surface area contributed by atoms with Crippen LogP contribution in [0, 0.1) is 11.3 Å². The van der Waals surface area contributed by atoms with Crippen molar-refractivity contribution in [3.63, 3.8) is 0 Å². The number of hydrogen-bond donors (Lipinski definition) is 1. The zero-order chi connectivity index (χ0) is 24.6. The molecule has 5 rings (SSSR count). The molecule has 2 fully saturated rings. The lowest BCUT2D eigenvalue weighted by Crippen LogP contribution is -2.40. The lowest BCUT2D eigenvalue weighted by molar-refractivity contribution is 0.149. The zero-order valence-electron chi connectivity index (χ0n) is 21.6. The van der Waals surface area contributed by atoms with Gasteiger partial charge in [-0.15, -0.1) is 0 Å². The van der Waals surface area contributed by atoms with Crippen LogP contribution in [0.15, 0.2) is 54.7 Å². The number of hydrogen-bond acceptors (Lipinski definition) is 4. The molecule has 2 aromatic carbocycles. The number of benzene rings is 2. The van der Waals surface area contributed by atoms with Gasteiger partial charge in [-0.05, 0) is 106 Å². The molecule has 0 amide bonds. The van der Waals surface area contributed by atoms with Crippen LogP contribution in [0.2, 0.25) is 0 Å². The fourth-order valence-corrected chi connectivity index (χ4v) is 7.77. The van der Waals surface area contributed by atoms with E-state index in [4.69, 9.17) is 0 Å². The van der Waals surface area contributed by atoms with E-state index in [1.54, 1.807) is 0 Å². The molecule has 1 spiro atoms. The third-order valence-electron chi connectivity index (χ3n) is 9.33. The molecule has 2 aromatic rings. The molecule has 35 heavy (non-hydrogen) atoms. The molecule has 0 bridgehead atoms. The summed E-state index contributed by atoms with van der Waals surface area (Å²) in [5, 5.41) is 13.0. The van der Waals surface area contributed by atoms with Gasteiger partial charge in [-0.3, -0.25) is 4.90 Å². The Balaban J connectivity index is 1.25. The first-order valence-corrected chi connectivity index (χ1v) is 14.5. The Labute approximate surface area is 216 Å². The Hall–Kier alpha value is -2.22. The van der Waals surface area contributed by atoms with Crippen LogP contribution in [0.5, 0.6) is 0 Å². The fourth-order valence-electron chi connectivity index (χ4n) is 6.70. The van der Waals surface area contributed by atoms with E-state index in [1.165, 1.54) is 42.4 Å². The molecule has 1 aliphatic carbocycles. The topological polar surface area (TPSA) is 39.1 Å². The summed E-state index contributed by atoms with van der Waals surface area (Å²) < 4.78 is 0.384. The maximum atomic E-state index is 9.47. The van der Waals surface area contributed by atoms with Gasteiger partial charge in [-0.1, -0.05) is 37.3 Å². The Morgan fingerprint density at radius 1 is 1.17 bits per heavy atom. The van der Waals surface area contributed by atoms with Crippen molar-refractivity contribution in [2.45, 2.75) is 87.5 Å². The van der Waals surface area contributed by atoms with Crippen molar-refractivity contribution in [2.75, 3.05) is 18.1 Å². The Morgan fingerprint density at radius 3 is 2.60 bits per heavy atom. The number of thioether (sulfide) groups is 1. The average Bonchev–Trinajstić information content (AvgIpc) is 2.99. The molecule has 1 saturated carbocycles. The largest absolute Gasteiger partial charge is 0.358 e. The number of aryl methyl sites for hydroxylation is 1. The molecule has 3 unspecified atom stereocenters. The molecule has 1 saturated heterocycles. The summed E-state index contributed by atoms with van der Waals surface area (Å²) in [6, 6.07) is 19.0. The number of nitrogens with zero attached hydrogens (tertiary/aromatic N) is 2. The molecule has 184 valence electrons. The van der Waals surface area contributed by atoms with Crippen molar-refractivity contribution in [2.24, 2.45) is 0 Å². The van der Waals surface area contributed by atoms with E-state index in [9.17, 15) is 5.26 Å². The van der Waals surface area contributed by atoms with Crippen molar-refractivity contribution in [3.8, 4) is 6.07 Å². The Kier molecular flexibility index (Phi) is 6.77. The van der Waals surface area contributed by atoms with E-state index < -0.39 is 0 Å². The molecular formula is C31H39N3S. The SMILES string of the molecule is C=C1Nc2ccc(C#N)cc2C12CCC(C)N(C(C)CCc1ccc(C3(SC)CCC3)cc1)CC2. The zero-order valence-corrected chi connectivity index (χ0v) is 22.4. The van der Waals surface area contributed by atoms with Crippen LogP contribution in [0.1, 0.15) is 81.0 Å². The number of anilines is 1. The molecular weight excluding hydrogens is 446 g/mol. The highest BCUT2D eigenvalue weighted by Gasteiger charge is 2.44. The first-order chi connectivity index (χ1) is 16.9. The second-order valence-corrected chi connectivity index (χ2v) is 12.3. The van der Waals surface area contributed by atoms with E-state index in [0.29, 0.717) is 16.8 Å². The third-order valence-corrected chi connectivity index (χ3v) is 10.8. The molecule has 0 aromatic heterocycles. The summed E-state index contributed by atoms with van der Waals surface area (Å²) in [5.41, 5.74) is 7.18. The molecule has 1 N–H and O–H groups in total. The lowest BCUT2D eigenvalue weighted by atomic mass is 9.73. The first kappa shape index (κ1) is 24.5. The first-order valence-electron chi connectivity index (χ1n) is 13.3. The normalized spacial score (nSPS) is 26.3. The molecule has 3 nitrogen and oxygen atoms in total. The van der Waals surface area contributed by atoms with Crippen molar-refractivity contribution < 1.29 is 0 Å². The summed E-state index contributed by atoms with van der Waals surface area (Å²) >= 11 is 2.03. The van der Waals surface area contributed by atoms with E-state index in [2.05, 4.69) is 79.4 Å². The van der Waals surface area contributed by atoms with Gasteiger partial charge in [0.25, 0.3) is 0 Å². The van der Waals surface area contributed by atoms with Crippen molar-refractivity contribution in [1.82, 2.24) is 4.90 Å². The standard InChI is InChI=1S/C31H39N3S/c1-22(6-7-25-8-11-27(12-9-25)31(35-4)15-5-16-31)34-19-18-30(17-14-23(34)2)24(3)33-29-13-10-26(21-32)20-28(29)30/h8-13,20,22-23,33H,3,5-7,14-19H2,1-2,4H3. The minimum atomic E-state index is -0.0600. The van der Waals surface area contributed by atoms with E-state index in [-0.39, 0.29) is 5.41 Å². The second-order valence-electron chi connectivity index (χ2n) is 11.1. The smallest absolute Gasteiger partial charge is 0.0991 e. The van der Waals surface area contributed by atoms with Crippen LogP contribution in [0.25, 0.3) is 0 Å². The van der Waals surface area contributed by atoms with Gasteiger partial charge >= 0.3 is 0 Å². The second kappa shape index (κ2) is 9.68. The molecule has 2 aliphatic heterocycles. The Morgan fingerprint density at radius 2 is 1.94 bits per heavy atom. The highest BCUT2D eigenvalue weighted by atomic mass is 32.2. The van der Waals surface area contributed by atoms with Crippen LogP contribution in [-0.2, 0) is 16.6 Å². The summed E-state index contributed by atoms with van der Waals surface area (Å²) in [6.45, 7) is 10.3. The maximum Gasteiger partial charge on any atom is 0.0991 e. The average molecular weight is 486 g/mol. The molecule has 4 heteroatoms. The number of nitriles is 1. The van der Waals surface area contributed by atoms with Crippen LogP contribution in [-0.4, -0.2) is 29.8 Å². The third kappa shape index (κ3) is 4.32. The van der Waals surface area contributed by atoms with Crippen molar-refractivity contribution in [1.29, 1.82) is 5.26 Å². The van der Waals surface area contributed by atoms with Gasteiger partial charge in [0.15, 0.2) is 0 Å². The summed E-state index contributed by atoms with van der Waals surface area (Å²) in [6.07, 6.45) is 11.9. The molecule has 0 radical (unpaired) electrons. The van der Waals surface area contributed by atoms with Gasteiger partial charge in [0.05, 0.1) is 11.6 Å². The highest BCUT2D eigenvalue weighted by Crippen LogP contribution is 2.52. The number of allylic oxidation sites excluding steroid dienone is 1. The monoisotopic (exact) mass is 485 g/mol. The van der Waals surface area contributed by atoms with Crippen LogP contribution < -0.4 is 5.32 Å². The summed E-state index contributed by atoms with van der Waals surface area (Å²) in [4.78, 5) is 2.72. The number of nitrogens with one attached hydrogen (secondary N) is 1. The van der Waals surface area contributed by atoms with Gasteiger partial charge < -0.3 is 5.32 Å².